The molecule has 0 saturated heterocycles. The lowest BCUT2D eigenvalue weighted by atomic mass is 10.1. The molecule has 6 heteroatoms. The number of tetrazole rings is 1. The Bertz CT molecular complexity index is 545. The topological polar surface area (TPSA) is 83.6 Å². The second kappa shape index (κ2) is 6.44. The van der Waals surface area contributed by atoms with Crippen molar-refractivity contribution < 1.29 is 4.79 Å². The molecule has 1 amide bonds. The minimum atomic E-state index is -0.0795. The van der Waals surface area contributed by atoms with E-state index in [0.29, 0.717) is 17.9 Å². The van der Waals surface area contributed by atoms with Gasteiger partial charge in [-0.15, -0.1) is 10.2 Å². The normalized spacial score (nSPS) is 10.8. The number of allylic oxidation sites excluding steroid dienone is 1. The Balaban J connectivity index is 1.96. The SMILES string of the molecule is C/C=C/CCNC(=O)c1ccc(-c2nn[nH]n2)cc1. The van der Waals surface area contributed by atoms with Gasteiger partial charge in [0.25, 0.3) is 5.91 Å². The van der Waals surface area contributed by atoms with Gasteiger partial charge >= 0.3 is 0 Å². The molecular weight excluding hydrogens is 242 g/mol. The van der Waals surface area contributed by atoms with Crippen LogP contribution < -0.4 is 5.32 Å². The van der Waals surface area contributed by atoms with Crippen molar-refractivity contribution in [3.63, 3.8) is 0 Å². The molecule has 19 heavy (non-hydrogen) atoms. The van der Waals surface area contributed by atoms with Crippen LogP contribution in [-0.2, 0) is 0 Å². The average Bonchev–Trinajstić information content (AvgIpc) is 2.98. The fourth-order valence-corrected chi connectivity index (χ4v) is 1.59. The van der Waals surface area contributed by atoms with Gasteiger partial charge in [0.1, 0.15) is 0 Å². The van der Waals surface area contributed by atoms with Crippen molar-refractivity contribution in [2.75, 3.05) is 6.54 Å². The highest BCUT2D eigenvalue weighted by Gasteiger charge is 2.06. The molecular formula is C13H15N5O. The Morgan fingerprint density at radius 3 is 2.79 bits per heavy atom. The molecule has 0 aliphatic heterocycles. The van der Waals surface area contributed by atoms with Crippen molar-refractivity contribution in [3.8, 4) is 11.4 Å². The number of rotatable bonds is 5. The number of aromatic amines is 1. The molecule has 1 aromatic heterocycles. The van der Waals surface area contributed by atoms with Gasteiger partial charge in [-0.2, -0.15) is 5.21 Å². The van der Waals surface area contributed by atoms with Crippen LogP contribution in [0.25, 0.3) is 11.4 Å². The zero-order chi connectivity index (χ0) is 13.5. The number of nitrogens with zero attached hydrogens (tertiary/aromatic N) is 3. The Labute approximate surface area is 110 Å². The molecule has 2 aromatic rings. The number of nitrogens with one attached hydrogen (secondary N) is 2. The first kappa shape index (κ1) is 12.9. The van der Waals surface area contributed by atoms with Gasteiger partial charge in [0, 0.05) is 17.7 Å². The van der Waals surface area contributed by atoms with E-state index in [2.05, 4.69) is 25.9 Å². The van der Waals surface area contributed by atoms with Crippen LogP contribution in [0.15, 0.2) is 36.4 Å². The summed E-state index contributed by atoms with van der Waals surface area (Å²) in [5, 5.41) is 16.5. The first-order valence-electron chi connectivity index (χ1n) is 6.04. The smallest absolute Gasteiger partial charge is 0.251 e. The summed E-state index contributed by atoms with van der Waals surface area (Å²) in [6.45, 7) is 2.59. The number of carbonyl (C=O) groups is 1. The molecule has 0 spiro atoms. The van der Waals surface area contributed by atoms with Crippen LogP contribution >= 0.6 is 0 Å². The fraction of sp³-hybridized carbons (Fsp3) is 0.231. The van der Waals surface area contributed by atoms with Gasteiger partial charge in [0.15, 0.2) is 0 Å². The van der Waals surface area contributed by atoms with Crippen LogP contribution in [0.1, 0.15) is 23.7 Å². The number of carbonyl (C=O) groups excluding carboxylic acids is 1. The van der Waals surface area contributed by atoms with Crippen molar-refractivity contribution in [2.45, 2.75) is 13.3 Å². The highest BCUT2D eigenvalue weighted by Crippen LogP contribution is 2.13. The van der Waals surface area contributed by atoms with E-state index in [4.69, 9.17) is 0 Å². The minimum Gasteiger partial charge on any atom is -0.352 e. The molecule has 0 atom stereocenters. The third-order valence-corrected chi connectivity index (χ3v) is 2.58. The maximum Gasteiger partial charge on any atom is 0.251 e. The Morgan fingerprint density at radius 1 is 1.37 bits per heavy atom. The zero-order valence-electron chi connectivity index (χ0n) is 10.6. The van der Waals surface area contributed by atoms with E-state index in [9.17, 15) is 4.79 Å². The molecule has 0 aliphatic carbocycles. The third kappa shape index (κ3) is 3.48. The van der Waals surface area contributed by atoms with Crippen LogP contribution in [0.2, 0.25) is 0 Å². The molecule has 0 fully saturated rings. The lowest BCUT2D eigenvalue weighted by Gasteiger charge is -2.03. The summed E-state index contributed by atoms with van der Waals surface area (Å²) in [5.74, 6) is 0.434. The summed E-state index contributed by atoms with van der Waals surface area (Å²) in [6.07, 6.45) is 4.81. The van der Waals surface area contributed by atoms with Gasteiger partial charge < -0.3 is 5.32 Å². The largest absolute Gasteiger partial charge is 0.352 e. The minimum absolute atomic E-state index is 0.0795. The van der Waals surface area contributed by atoms with Crippen LogP contribution in [-0.4, -0.2) is 33.1 Å². The second-order valence-electron chi connectivity index (χ2n) is 3.93. The van der Waals surface area contributed by atoms with Crippen molar-refractivity contribution in [2.24, 2.45) is 0 Å². The molecule has 0 aliphatic rings. The van der Waals surface area contributed by atoms with Gasteiger partial charge in [-0.05, 0) is 30.7 Å². The number of benzene rings is 1. The number of amides is 1. The van der Waals surface area contributed by atoms with Gasteiger partial charge in [-0.1, -0.05) is 24.3 Å². The van der Waals surface area contributed by atoms with E-state index in [0.717, 1.165) is 12.0 Å². The molecule has 98 valence electrons. The average molecular weight is 257 g/mol. The standard InChI is InChI=1S/C13H15N5O/c1-2-3-4-9-14-13(19)11-7-5-10(6-8-11)12-15-17-18-16-12/h2-3,5-8H,4,9H2,1H3,(H,14,19)(H,15,16,17,18)/b3-2+. The van der Waals surface area contributed by atoms with Crippen molar-refractivity contribution in [1.82, 2.24) is 25.9 Å². The first-order chi connectivity index (χ1) is 9.31. The van der Waals surface area contributed by atoms with Gasteiger partial charge in [-0.3, -0.25) is 4.79 Å². The summed E-state index contributed by atoms with van der Waals surface area (Å²) in [4.78, 5) is 11.8. The van der Waals surface area contributed by atoms with E-state index in [-0.39, 0.29) is 5.91 Å². The fourth-order valence-electron chi connectivity index (χ4n) is 1.59. The molecule has 0 bridgehead atoms. The summed E-state index contributed by atoms with van der Waals surface area (Å²) < 4.78 is 0. The molecule has 0 saturated carbocycles. The maximum absolute atomic E-state index is 11.8. The lowest BCUT2D eigenvalue weighted by Crippen LogP contribution is -2.23. The maximum atomic E-state index is 11.8. The molecule has 2 N–H and O–H groups in total. The quantitative estimate of drug-likeness (QED) is 0.629. The highest BCUT2D eigenvalue weighted by atomic mass is 16.1. The van der Waals surface area contributed by atoms with Gasteiger partial charge in [0.05, 0.1) is 0 Å². The number of hydrogen-bond donors (Lipinski definition) is 2. The van der Waals surface area contributed by atoms with Gasteiger partial charge in [-0.25, -0.2) is 0 Å². The molecule has 2 rings (SSSR count). The predicted octanol–water partition coefficient (Wildman–Crippen LogP) is 1.56. The summed E-state index contributed by atoms with van der Waals surface area (Å²) in [5.41, 5.74) is 1.44. The van der Waals surface area contributed by atoms with Crippen molar-refractivity contribution >= 4 is 5.91 Å². The van der Waals surface area contributed by atoms with Gasteiger partial charge in [0.2, 0.25) is 5.82 Å². The zero-order valence-corrected chi connectivity index (χ0v) is 10.6. The number of H-pyrrole nitrogens is 1. The number of hydrogen-bond acceptors (Lipinski definition) is 4. The molecule has 6 nitrogen and oxygen atoms in total. The molecule has 0 radical (unpaired) electrons. The Hall–Kier alpha value is -2.50. The monoisotopic (exact) mass is 257 g/mol. The Morgan fingerprint density at radius 2 is 2.16 bits per heavy atom. The van der Waals surface area contributed by atoms with E-state index in [1.165, 1.54) is 0 Å². The molecule has 1 aromatic carbocycles. The Kier molecular flexibility index (Phi) is 4.39. The third-order valence-electron chi connectivity index (χ3n) is 2.58. The number of aromatic nitrogens is 4. The summed E-state index contributed by atoms with van der Waals surface area (Å²) in [6, 6.07) is 7.09. The van der Waals surface area contributed by atoms with Crippen LogP contribution in [0.3, 0.4) is 0 Å². The van der Waals surface area contributed by atoms with Crippen molar-refractivity contribution in [1.29, 1.82) is 0 Å². The molecule has 0 unspecified atom stereocenters. The summed E-state index contributed by atoms with van der Waals surface area (Å²) >= 11 is 0. The van der Waals surface area contributed by atoms with Crippen molar-refractivity contribution in [3.05, 3.63) is 42.0 Å². The van der Waals surface area contributed by atoms with Crippen LogP contribution in [0, 0.1) is 0 Å². The summed E-state index contributed by atoms with van der Waals surface area (Å²) in [7, 11) is 0. The van der Waals surface area contributed by atoms with E-state index >= 15 is 0 Å². The highest BCUT2D eigenvalue weighted by molar-refractivity contribution is 5.94. The second-order valence-corrected chi connectivity index (χ2v) is 3.93. The predicted molar refractivity (Wildman–Crippen MR) is 71.4 cm³/mol. The lowest BCUT2D eigenvalue weighted by molar-refractivity contribution is 0.0954. The van der Waals surface area contributed by atoms with E-state index in [1.54, 1.807) is 24.3 Å². The van der Waals surface area contributed by atoms with E-state index in [1.807, 2.05) is 19.1 Å². The van der Waals surface area contributed by atoms with Crippen LogP contribution in [0.4, 0.5) is 0 Å². The van der Waals surface area contributed by atoms with Crippen LogP contribution in [0.5, 0.6) is 0 Å². The molecule has 1 heterocycles. The first-order valence-corrected chi connectivity index (χ1v) is 6.04. The van der Waals surface area contributed by atoms with E-state index < -0.39 is 0 Å².